The number of phenols is 2. The zero-order chi connectivity index (χ0) is 19.4. The lowest BCUT2D eigenvalue weighted by Gasteiger charge is -2.35. The van der Waals surface area contributed by atoms with E-state index in [0.717, 1.165) is 12.1 Å². The maximum atomic E-state index is 12.9. The van der Waals surface area contributed by atoms with Gasteiger partial charge < -0.3 is 28.3 Å². The van der Waals surface area contributed by atoms with E-state index in [1.807, 2.05) is 27.7 Å². The third-order valence-corrected chi connectivity index (χ3v) is 7.94. The van der Waals surface area contributed by atoms with Gasteiger partial charge in [-0.05, 0) is 12.1 Å². The van der Waals surface area contributed by atoms with Crippen molar-refractivity contribution in [1.29, 1.82) is 0 Å². The SMILES string of the molecule is CC1(C)COP(=O)(c2cc(O)c(P3(=O)OCC(C)(C)CO3)cc2O)OC1. The number of hydrogen-bond donors (Lipinski definition) is 2. The van der Waals surface area contributed by atoms with Crippen molar-refractivity contribution in [3.8, 4) is 11.5 Å². The van der Waals surface area contributed by atoms with Crippen molar-refractivity contribution in [3.05, 3.63) is 12.1 Å². The third-order valence-electron chi connectivity index (χ3n) is 4.16. The zero-order valence-corrected chi connectivity index (χ0v) is 17.0. The summed E-state index contributed by atoms with van der Waals surface area (Å²) in [7, 11) is -7.59. The highest BCUT2D eigenvalue weighted by Gasteiger charge is 2.43. The van der Waals surface area contributed by atoms with Gasteiger partial charge in [0, 0.05) is 10.8 Å². The lowest BCUT2D eigenvalue weighted by Crippen LogP contribution is -2.33. The molecule has 0 atom stereocenters. The molecule has 2 aliphatic rings. The number of hydrogen-bond acceptors (Lipinski definition) is 8. The van der Waals surface area contributed by atoms with Crippen LogP contribution in [0.5, 0.6) is 11.5 Å². The molecule has 8 nitrogen and oxygen atoms in total. The molecule has 0 unspecified atom stereocenters. The van der Waals surface area contributed by atoms with E-state index in [-0.39, 0.29) is 47.9 Å². The lowest BCUT2D eigenvalue weighted by molar-refractivity contribution is 0.0456. The largest absolute Gasteiger partial charge is 0.507 e. The molecule has 0 radical (unpaired) electrons. The molecule has 26 heavy (non-hydrogen) atoms. The Balaban J connectivity index is 1.93. The van der Waals surface area contributed by atoms with Crippen LogP contribution in [0.15, 0.2) is 12.1 Å². The average Bonchev–Trinajstić information content (AvgIpc) is 2.55. The Kier molecular flexibility index (Phi) is 4.84. The molecule has 146 valence electrons. The Morgan fingerprint density at radius 1 is 0.731 bits per heavy atom. The highest BCUT2D eigenvalue weighted by molar-refractivity contribution is 7.63. The standard InChI is InChI=1S/C16H24O8P2/c1-15(2)7-21-25(19,22-8-15)13-5-12(18)14(6-11(13)17)26(20)23-9-16(3,4)10-24-26/h5-6,17-18H,7-10H2,1-4H3. The van der Waals surface area contributed by atoms with Gasteiger partial charge in [-0.1, -0.05) is 27.7 Å². The molecule has 2 fully saturated rings. The molecule has 0 aromatic heterocycles. The molecule has 3 rings (SSSR count). The monoisotopic (exact) mass is 406 g/mol. The maximum Gasteiger partial charge on any atom is 0.365 e. The molecule has 2 aliphatic heterocycles. The molecule has 0 spiro atoms. The minimum Gasteiger partial charge on any atom is -0.507 e. The Hall–Kier alpha value is -0.880. The predicted octanol–water partition coefficient (Wildman–Crippen LogP) is 2.88. The molecule has 0 bridgehead atoms. The number of aromatic hydroxyl groups is 2. The smallest absolute Gasteiger partial charge is 0.365 e. The summed E-state index contributed by atoms with van der Waals surface area (Å²) in [5.41, 5.74) is -0.626. The van der Waals surface area contributed by atoms with Gasteiger partial charge in [-0.2, -0.15) is 0 Å². The number of rotatable bonds is 2. The quantitative estimate of drug-likeness (QED) is 0.570. The van der Waals surface area contributed by atoms with E-state index in [9.17, 15) is 19.3 Å². The highest BCUT2D eigenvalue weighted by atomic mass is 31.2. The van der Waals surface area contributed by atoms with Crippen molar-refractivity contribution >= 4 is 25.8 Å². The summed E-state index contributed by atoms with van der Waals surface area (Å²) < 4.78 is 47.3. The first kappa shape index (κ1) is 19.9. The van der Waals surface area contributed by atoms with Crippen molar-refractivity contribution in [1.82, 2.24) is 0 Å². The van der Waals surface area contributed by atoms with E-state index < -0.39 is 26.7 Å². The van der Waals surface area contributed by atoms with E-state index in [1.54, 1.807) is 0 Å². The summed E-state index contributed by atoms with van der Waals surface area (Å²) in [4.78, 5) is 0. The van der Waals surface area contributed by atoms with E-state index in [0.29, 0.717) is 0 Å². The third kappa shape index (κ3) is 3.72. The summed E-state index contributed by atoms with van der Waals surface area (Å²) in [5.74, 6) is -0.929. The van der Waals surface area contributed by atoms with Gasteiger partial charge in [-0.25, -0.2) is 0 Å². The van der Waals surface area contributed by atoms with Gasteiger partial charge in [0.05, 0.1) is 26.4 Å². The van der Waals surface area contributed by atoms with Crippen molar-refractivity contribution in [2.24, 2.45) is 10.8 Å². The molecule has 1 aromatic rings. The first-order valence-electron chi connectivity index (χ1n) is 8.21. The maximum absolute atomic E-state index is 12.9. The second kappa shape index (κ2) is 6.33. The molecule has 10 heteroatoms. The van der Waals surface area contributed by atoms with Crippen molar-refractivity contribution in [3.63, 3.8) is 0 Å². The fourth-order valence-corrected chi connectivity index (χ4v) is 6.50. The summed E-state index contributed by atoms with van der Waals surface area (Å²) in [6.07, 6.45) is 0. The highest BCUT2D eigenvalue weighted by Crippen LogP contribution is 2.57. The molecular formula is C16H24O8P2. The minimum atomic E-state index is -3.79. The summed E-state index contributed by atoms with van der Waals surface area (Å²) in [6, 6.07) is 2.08. The van der Waals surface area contributed by atoms with E-state index in [2.05, 4.69) is 0 Å². The molecule has 0 aliphatic carbocycles. The fourth-order valence-electron chi connectivity index (χ4n) is 2.47. The fraction of sp³-hybridized carbons (Fsp3) is 0.625. The van der Waals surface area contributed by atoms with Crippen molar-refractivity contribution in [2.75, 3.05) is 26.4 Å². The topological polar surface area (TPSA) is 112 Å². The second-order valence-corrected chi connectivity index (χ2v) is 12.2. The molecule has 2 saturated heterocycles. The Labute approximate surface area is 152 Å². The van der Waals surface area contributed by atoms with Gasteiger partial charge in [0.15, 0.2) is 0 Å². The van der Waals surface area contributed by atoms with Crippen LogP contribution in [0.2, 0.25) is 0 Å². The van der Waals surface area contributed by atoms with Crippen LogP contribution in [0.4, 0.5) is 0 Å². The van der Waals surface area contributed by atoms with E-state index in [1.165, 1.54) is 0 Å². The number of phenolic OH excluding ortho intramolecular Hbond substituents is 2. The summed E-state index contributed by atoms with van der Waals surface area (Å²) >= 11 is 0. The van der Waals surface area contributed by atoms with Crippen molar-refractivity contribution in [2.45, 2.75) is 27.7 Å². The molecule has 0 amide bonds. The van der Waals surface area contributed by atoms with Gasteiger partial charge >= 0.3 is 15.2 Å². The lowest BCUT2D eigenvalue weighted by atomic mass is 9.97. The molecular weight excluding hydrogens is 382 g/mol. The van der Waals surface area contributed by atoms with Gasteiger partial charge in [0.1, 0.15) is 22.1 Å². The minimum absolute atomic E-state index is 0.173. The average molecular weight is 406 g/mol. The van der Waals surface area contributed by atoms with Crippen LogP contribution < -0.4 is 10.6 Å². The van der Waals surface area contributed by atoms with E-state index in [4.69, 9.17) is 18.1 Å². The Morgan fingerprint density at radius 3 is 1.27 bits per heavy atom. The molecule has 2 heterocycles. The van der Waals surface area contributed by atoms with E-state index >= 15 is 0 Å². The number of benzene rings is 1. The van der Waals surface area contributed by atoms with Gasteiger partial charge in [0.25, 0.3) is 0 Å². The molecule has 2 N–H and O–H groups in total. The van der Waals surface area contributed by atoms with Crippen LogP contribution >= 0.6 is 15.2 Å². The van der Waals surface area contributed by atoms with Crippen LogP contribution in [-0.2, 0) is 27.2 Å². The van der Waals surface area contributed by atoms with Gasteiger partial charge in [-0.3, -0.25) is 9.13 Å². The van der Waals surface area contributed by atoms with Crippen LogP contribution in [0, 0.1) is 10.8 Å². The first-order chi connectivity index (χ1) is 11.9. The van der Waals surface area contributed by atoms with Crippen LogP contribution in [0.25, 0.3) is 0 Å². The molecule has 1 aromatic carbocycles. The van der Waals surface area contributed by atoms with Crippen LogP contribution in [0.1, 0.15) is 27.7 Å². The normalized spacial score (nSPS) is 26.3. The van der Waals surface area contributed by atoms with Crippen LogP contribution in [0.3, 0.4) is 0 Å². The Morgan fingerprint density at radius 2 is 1.00 bits per heavy atom. The van der Waals surface area contributed by atoms with Gasteiger partial charge in [-0.15, -0.1) is 0 Å². The summed E-state index contributed by atoms with van der Waals surface area (Å²) in [6.45, 7) is 8.25. The second-order valence-electron chi connectivity index (χ2n) is 8.25. The summed E-state index contributed by atoms with van der Waals surface area (Å²) in [5, 5.41) is 20.3. The predicted molar refractivity (Wildman–Crippen MR) is 95.6 cm³/mol. The van der Waals surface area contributed by atoms with Gasteiger partial charge in [0.2, 0.25) is 0 Å². The first-order valence-corrected chi connectivity index (χ1v) is 11.3. The van der Waals surface area contributed by atoms with Crippen molar-refractivity contribution < 1.29 is 37.4 Å². The zero-order valence-electron chi connectivity index (χ0n) is 15.2. The molecule has 0 saturated carbocycles. The Bertz CT molecular complexity index is 721. The van der Waals surface area contributed by atoms with Crippen LogP contribution in [-0.4, -0.2) is 36.6 Å².